The number of unbranched alkanes of at least 4 members (excludes halogenated alkanes) is 17. The van der Waals surface area contributed by atoms with Crippen LogP contribution in [0.4, 0.5) is 0 Å². The van der Waals surface area contributed by atoms with E-state index in [0.717, 1.165) is 44.9 Å². The molecule has 0 rings (SSSR count). The van der Waals surface area contributed by atoms with E-state index in [1.54, 1.807) is 0 Å². The molecule has 0 aromatic carbocycles. The number of aliphatic carboxylic acids is 2. The van der Waals surface area contributed by atoms with Crippen molar-refractivity contribution >= 4 is 11.9 Å². The Morgan fingerprint density at radius 3 is 1.36 bits per heavy atom. The summed E-state index contributed by atoms with van der Waals surface area (Å²) in [6, 6.07) is 0. The van der Waals surface area contributed by atoms with Gasteiger partial charge in [-0.1, -0.05) is 103 Å². The minimum absolute atomic E-state index is 0.310. The second-order valence-electron chi connectivity index (χ2n) is 8.95. The Balaban J connectivity index is 0. The fraction of sp³-hybridized carbons (Fsp3) is 0.793. The minimum Gasteiger partial charge on any atom is -0.481 e. The van der Waals surface area contributed by atoms with Crippen LogP contribution in [0.1, 0.15) is 148 Å². The fourth-order valence-electron chi connectivity index (χ4n) is 3.54. The van der Waals surface area contributed by atoms with Crippen LogP contribution in [0.3, 0.4) is 0 Å². The largest absolute Gasteiger partial charge is 0.481 e. The Kier molecular flexibility index (Phi) is 30.6. The molecule has 4 heteroatoms. The first kappa shape index (κ1) is 33.4. The highest BCUT2D eigenvalue weighted by Gasteiger charge is 1.97. The summed E-state index contributed by atoms with van der Waals surface area (Å²) in [5.41, 5.74) is 0. The second kappa shape index (κ2) is 30.2. The summed E-state index contributed by atoms with van der Waals surface area (Å²) >= 11 is 0. The quantitative estimate of drug-likeness (QED) is 0.0899. The van der Waals surface area contributed by atoms with Gasteiger partial charge in [-0.2, -0.15) is 0 Å². The van der Waals surface area contributed by atoms with Crippen LogP contribution in [0.2, 0.25) is 0 Å². The van der Waals surface area contributed by atoms with Crippen molar-refractivity contribution in [2.45, 2.75) is 148 Å². The Hall–Kier alpha value is -1.76. The molecule has 0 radical (unpaired) electrons. The summed E-state index contributed by atoms with van der Waals surface area (Å²) in [5, 5.41) is 16.9. The van der Waals surface area contributed by atoms with Crippen LogP contribution >= 0.6 is 0 Å². The van der Waals surface area contributed by atoms with Gasteiger partial charge in [0.2, 0.25) is 0 Å². The Morgan fingerprint density at radius 2 is 0.970 bits per heavy atom. The fourth-order valence-corrected chi connectivity index (χ4v) is 3.54. The van der Waals surface area contributed by atoms with Crippen LogP contribution in [0, 0.1) is 12.3 Å². The van der Waals surface area contributed by atoms with Gasteiger partial charge < -0.3 is 10.2 Å². The van der Waals surface area contributed by atoms with Gasteiger partial charge in [-0.3, -0.25) is 9.59 Å². The molecule has 0 fully saturated rings. The molecule has 192 valence electrons. The highest BCUT2D eigenvalue weighted by molar-refractivity contribution is 5.66. The zero-order valence-electron chi connectivity index (χ0n) is 21.5. The molecule has 0 aliphatic rings. The molecule has 2 N–H and O–H groups in total. The van der Waals surface area contributed by atoms with Crippen LogP contribution in [0.5, 0.6) is 0 Å². The zero-order chi connectivity index (χ0) is 24.8. The smallest absolute Gasteiger partial charge is 0.303 e. The number of hydrogen-bond donors (Lipinski definition) is 2. The first-order valence-corrected chi connectivity index (χ1v) is 13.6. The Morgan fingerprint density at radius 1 is 0.606 bits per heavy atom. The van der Waals surface area contributed by atoms with E-state index in [9.17, 15) is 9.59 Å². The molecular formula is C29H52O4. The highest BCUT2D eigenvalue weighted by atomic mass is 16.4. The van der Waals surface area contributed by atoms with Gasteiger partial charge in [-0.05, 0) is 38.5 Å². The van der Waals surface area contributed by atoms with E-state index in [2.05, 4.69) is 25.0 Å². The van der Waals surface area contributed by atoms with Crippen molar-refractivity contribution in [3.05, 3.63) is 12.2 Å². The van der Waals surface area contributed by atoms with Gasteiger partial charge in [0.1, 0.15) is 0 Å². The molecule has 0 unspecified atom stereocenters. The maximum absolute atomic E-state index is 10.3. The van der Waals surface area contributed by atoms with E-state index < -0.39 is 11.9 Å². The average molecular weight is 465 g/mol. The molecule has 0 saturated heterocycles. The first-order valence-electron chi connectivity index (χ1n) is 13.6. The lowest BCUT2D eigenvalue weighted by Gasteiger charge is -2.01. The van der Waals surface area contributed by atoms with E-state index in [-0.39, 0.29) is 0 Å². The number of carboxylic acid groups (broad SMARTS) is 2. The van der Waals surface area contributed by atoms with E-state index in [1.807, 2.05) is 0 Å². The van der Waals surface area contributed by atoms with Crippen LogP contribution in [-0.2, 0) is 9.59 Å². The third kappa shape index (κ3) is 37.9. The Bertz CT molecular complexity index is 490. The predicted molar refractivity (Wildman–Crippen MR) is 140 cm³/mol. The highest BCUT2D eigenvalue weighted by Crippen LogP contribution is 2.12. The van der Waals surface area contributed by atoms with Gasteiger partial charge in [0.05, 0.1) is 0 Å². The molecular weight excluding hydrogens is 412 g/mol. The van der Waals surface area contributed by atoms with Crippen molar-refractivity contribution in [1.29, 1.82) is 0 Å². The van der Waals surface area contributed by atoms with Crippen molar-refractivity contribution in [2.24, 2.45) is 0 Å². The summed E-state index contributed by atoms with van der Waals surface area (Å²) < 4.78 is 0. The molecule has 0 aromatic heterocycles. The molecule has 0 saturated carbocycles. The average Bonchev–Trinajstić information content (AvgIpc) is 2.78. The van der Waals surface area contributed by atoms with Crippen LogP contribution < -0.4 is 0 Å². The Labute approximate surface area is 204 Å². The van der Waals surface area contributed by atoms with Crippen LogP contribution in [-0.4, -0.2) is 22.2 Å². The lowest BCUT2D eigenvalue weighted by atomic mass is 10.1. The number of carboxylic acids is 2. The normalized spacial score (nSPS) is 10.5. The number of terminal acetylenes is 1. The maximum atomic E-state index is 10.3. The van der Waals surface area contributed by atoms with Gasteiger partial charge in [0.25, 0.3) is 0 Å². The molecule has 0 atom stereocenters. The lowest BCUT2D eigenvalue weighted by molar-refractivity contribution is -0.138. The number of hydrogen-bond acceptors (Lipinski definition) is 2. The van der Waals surface area contributed by atoms with Crippen molar-refractivity contribution in [3.8, 4) is 12.3 Å². The topological polar surface area (TPSA) is 74.6 Å². The van der Waals surface area contributed by atoms with E-state index in [1.165, 1.54) is 83.5 Å². The number of rotatable bonds is 23. The minimum atomic E-state index is -0.688. The molecule has 0 aliphatic carbocycles. The predicted octanol–water partition coefficient (Wildman–Crippen LogP) is 8.93. The van der Waals surface area contributed by atoms with Gasteiger partial charge in [-0.25, -0.2) is 0 Å². The molecule has 0 amide bonds. The van der Waals surface area contributed by atoms with E-state index in [0.29, 0.717) is 12.8 Å². The third-order valence-corrected chi connectivity index (χ3v) is 5.61. The standard InChI is InChI=1S/C18H34O2.C11H18O2/c1-2-3-4-5-6-7-8-9-10-11-12-13-14-15-16-17-18(19)20;1-2-3-4-5-6-7-8-9-10-11(12)13/h5-6H,2-4,7-17H2,1H3,(H,19,20);1H,3-10H2,(H,12,13). The third-order valence-electron chi connectivity index (χ3n) is 5.61. The molecule has 4 nitrogen and oxygen atoms in total. The SMILES string of the molecule is C#CCCCCCCCCC(=O)O.CCCCC=CCCCCCCCCCCCC(=O)O. The molecule has 0 aromatic rings. The summed E-state index contributed by atoms with van der Waals surface area (Å²) in [6.07, 6.45) is 34.0. The molecule has 33 heavy (non-hydrogen) atoms. The molecule has 0 bridgehead atoms. The monoisotopic (exact) mass is 464 g/mol. The van der Waals surface area contributed by atoms with E-state index >= 15 is 0 Å². The van der Waals surface area contributed by atoms with Crippen molar-refractivity contribution in [2.75, 3.05) is 0 Å². The number of allylic oxidation sites excluding steroid dienone is 2. The molecule has 0 aliphatic heterocycles. The first-order chi connectivity index (χ1) is 16.0. The van der Waals surface area contributed by atoms with Gasteiger partial charge in [0, 0.05) is 19.3 Å². The maximum Gasteiger partial charge on any atom is 0.303 e. The van der Waals surface area contributed by atoms with Crippen LogP contribution in [0.15, 0.2) is 12.2 Å². The molecule has 0 spiro atoms. The lowest BCUT2D eigenvalue weighted by Crippen LogP contribution is -1.93. The summed E-state index contributed by atoms with van der Waals surface area (Å²) in [6.45, 7) is 2.24. The van der Waals surface area contributed by atoms with Crippen LogP contribution in [0.25, 0.3) is 0 Å². The summed E-state index contributed by atoms with van der Waals surface area (Å²) in [5.74, 6) is 1.26. The zero-order valence-corrected chi connectivity index (χ0v) is 21.5. The number of carbonyl (C=O) groups is 2. The van der Waals surface area contributed by atoms with Gasteiger partial charge in [-0.15, -0.1) is 12.3 Å². The van der Waals surface area contributed by atoms with Crippen molar-refractivity contribution in [1.82, 2.24) is 0 Å². The van der Waals surface area contributed by atoms with Gasteiger partial charge in [0.15, 0.2) is 0 Å². The second-order valence-corrected chi connectivity index (χ2v) is 8.95. The summed E-state index contributed by atoms with van der Waals surface area (Å²) in [4.78, 5) is 20.5. The van der Waals surface area contributed by atoms with Gasteiger partial charge >= 0.3 is 11.9 Å². The summed E-state index contributed by atoms with van der Waals surface area (Å²) in [7, 11) is 0. The van der Waals surface area contributed by atoms with E-state index in [4.69, 9.17) is 16.6 Å². The molecule has 0 heterocycles. The van der Waals surface area contributed by atoms with Crippen molar-refractivity contribution in [3.63, 3.8) is 0 Å². The van der Waals surface area contributed by atoms with Crippen molar-refractivity contribution < 1.29 is 19.8 Å².